The van der Waals surface area contributed by atoms with Gasteiger partial charge in [-0.1, -0.05) is 31.4 Å². The van der Waals surface area contributed by atoms with Crippen molar-refractivity contribution in [3.8, 4) is 0 Å². The summed E-state index contributed by atoms with van der Waals surface area (Å²) in [5.41, 5.74) is 0.723. The average Bonchev–Trinajstić information content (AvgIpc) is 2.31. The maximum atomic E-state index is 11.0. The van der Waals surface area contributed by atoms with Crippen LogP contribution in [0.4, 0.5) is 0 Å². The molecule has 0 aromatic heterocycles. The topological polar surface area (TPSA) is 17.1 Å². The minimum absolute atomic E-state index is 0.633. The zero-order chi connectivity index (χ0) is 12.3. The first-order valence-electron chi connectivity index (χ1n) is 6.10. The van der Waals surface area contributed by atoms with Gasteiger partial charge in [0.15, 0.2) is 6.29 Å². The molecule has 1 saturated carbocycles. The maximum Gasteiger partial charge on any atom is 0.151 e. The Hall–Kier alpha value is -0.470. The van der Waals surface area contributed by atoms with Crippen molar-refractivity contribution in [3.05, 3.63) is 28.8 Å². The Morgan fingerprint density at radius 1 is 1.41 bits per heavy atom. The number of hydrogen-bond donors (Lipinski definition) is 0. The standard InChI is InChI=1S/C14H17ClOS/c1-10-3-2-4-13(7-10)17-14-6-5-12(15)8-11(14)9-16/h5-6,8-10,13H,2-4,7H2,1H3. The third-order valence-electron chi connectivity index (χ3n) is 3.28. The summed E-state index contributed by atoms with van der Waals surface area (Å²) in [7, 11) is 0. The molecule has 3 heteroatoms. The summed E-state index contributed by atoms with van der Waals surface area (Å²) in [5.74, 6) is 0.813. The molecular weight excluding hydrogens is 252 g/mol. The molecule has 1 aliphatic carbocycles. The highest BCUT2D eigenvalue weighted by atomic mass is 35.5. The van der Waals surface area contributed by atoms with E-state index in [0.29, 0.717) is 10.3 Å². The molecule has 2 unspecified atom stereocenters. The Morgan fingerprint density at radius 3 is 2.94 bits per heavy atom. The van der Waals surface area contributed by atoms with Crippen molar-refractivity contribution in [1.29, 1.82) is 0 Å². The molecule has 1 aromatic rings. The highest BCUT2D eigenvalue weighted by Crippen LogP contribution is 2.37. The van der Waals surface area contributed by atoms with Crippen LogP contribution in [0.2, 0.25) is 5.02 Å². The first-order valence-corrected chi connectivity index (χ1v) is 7.36. The van der Waals surface area contributed by atoms with E-state index in [0.717, 1.165) is 22.7 Å². The number of hydrogen-bond acceptors (Lipinski definition) is 2. The normalized spacial score (nSPS) is 24.6. The fraction of sp³-hybridized carbons (Fsp3) is 0.500. The van der Waals surface area contributed by atoms with Crippen molar-refractivity contribution in [1.82, 2.24) is 0 Å². The summed E-state index contributed by atoms with van der Waals surface area (Å²) >= 11 is 7.73. The number of aldehydes is 1. The first kappa shape index (κ1) is 13.0. The van der Waals surface area contributed by atoms with E-state index < -0.39 is 0 Å². The molecule has 0 aliphatic heterocycles. The van der Waals surface area contributed by atoms with Gasteiger partial charge in [-0.2, -0.15) is 0 Å². The Balaban J connectivity index is 2.09. The number of thioether (sulfide) groups is 1. The van der Waals surface area contributed by atoms with E-state index >= 15 is 0 Å². The van der Waals surface area contributed by atoms with Crippen LogP contribution in [-0.2, 0) is 0 Å². The van der Waals surface area contributed by atoms with Gasteiger partial charge in [0, 0.05) is 20.7 Å². The molecular formula is C14H17ClOS. The molecule has 0 heterocycles. The van der Waals surface area contributed by atoms with Crippen molar-refractivity contribution in [2.45, 2.75) is 42.8 Å². The second kappa shape index (κ2) is 5.92. The van der Waals surface area contributed by atoms with Crippen LogP contribution in [0.5, 0.6) is 0 Å². The number of halogens is 1. The minimum Gasteiger partial charge on any atom is -0.298 e. The van der Waals surface area contributed by atoms with E-state index in [-0.39, 0.29) is 0 Å². The second-order valence-corrected chi connectivity index (χ2v) is 6.59. The Morgan fingerprint density at radius 2 is 2.24 bits per heavy atom. The predicted octanol–water partition coefficient (Wildman–Crippen LogP) is 4.82. The average molecular weight is 269 g/mol. The van der Waals surface area contributed by atoms with Crippen LogP contribution in [0.25, 0.3) is 0 Å². The van der Waals surface area contributed by atoms with E-state index in [2.05, 4.69) is 6.92 Å². The lowest BCUT2D eigenvalue weighted by molar-refractivity contribution is 0.112. The van der Waals surface area contributed by atoms with E-state index in [4.69, 9.17) is 11.6 Å². The molecule has 0 amide bonds. The van der Waals surface area contributed by atoms with Gasteiger partial charge in [0.25, 0.3) is 0 Å². The molecule has 92 valence electrons. The van der Waals surface area contributed by atoms with Gasteiger partial charge in [-0.3, -0.25) is 4.79 Å². The quantitative estimate of drug-likeness (QED) is 0.731. The number of rotatable bonds is 3. The largest absolute Gasteiger partial charge is 0.298 e. The van der Waals surface area contributed by atoms with E-state index in [9.17, 15) is 4.79 Å². The van der Waals surface area contributed by atoms with Gasteiger partial charge in [-0.25, -0.2) is 0 Å². The molecule has 0 spiro atoms. The van der Waals surface area contributed by atoms with Crippen LogP contribution in [0.1, 0.15) is 43.0 Å². The van der Waals surface area contributed by atoms with Crippen molar-refractivity contribution in [2.75, 3.05) is 0 Å². The predicted molar refractivity (Wildman–Crippen MR) is 74.1 cm³/mol. The smallest absolute Gasteiger partial charge is 0.151 e. The third kappa shape index (κ3) is 3.49. The molecule has 0 radical (unpaired) electrons. The monoisotopic (exact) mass is 268 g/mol. The summed E-state index contributed by atoms with van der Waals surface area (Å²) in [6, 6.07) is 5.59. The van der Waals surface area contributed by atoms with Crippen LogP contribution in [-0.4, -0.2) is 11.5 Å². The third-order valence-corrected chi connectivity index (χ3v) is 4.90. The zero-order valence-electron chi connectivity index (χ0n) is 9.99. The lowest BCUT2D eigenvalue weighted by Crippen LogP contribution is -2.15. The molecule has 0 saturated heterocycles. The van der Waals surface area contributed by atoms with Crippen molar-refractivity contribution in [2.24, 2.45) is 5.92 Å². The van der Waals surface area contributed by atoms with Gasteiger partial charge >= 0.3 is 0 Å². The number of benzene rings is 1. The van der Waals surface area contributed by atoms with E-state index in [1.54, 1.807) is 6.07 Å². The summed E-state index contributed by atoms with van der Waals surface area (Å²) in [6.45, 7) is 2.31. The minimum atomic E-state index is 0.633. The van der Waals surface area contributed by atoms with Crippen molar-refractivity contribution < 1.29 is 4.79 Å². The van der Waals surface area contributed by atoms with Crippen LogP contribution in [0.15, 0.2) is 23.1 Å². The Bertz CT molecular complexity index is 405. The maximum absolute atomic E-state index is 11.0. The molecule has 2 rings (SSSR count). The Labute approximate surface area is 112 Å². The van der Waals surface area contributed by atoms with Gasteiger partial charge in [-0.05, 0) is 37.0 Å². The van der Waals surface area contributed by atoms with Crippen molar-refractivity contribution >= 4 is 29.6 Å². The molecule has 1 nitrogen and oxygen atoms in total. The lowest BCUT2D eigenvalue weighted by Gasteiger charge is -2.26. The van der Waals surface area contributed by atoms with Crippen LogP contribution >= 0.6 is 23.4 Å². The molecule has 1 aromatic carbocycles. The van der Waals surface area contributed by atoms with Gasteiger partial charge in [-0.15, -0.1) is 11.8 Å². The van der Waals surface area contributed by atoms with Gasteiger partial charge < -0.3 is 0 Å². The van der Waals surface area contributed by atoms with Crippen LogP contribution in [0.3, 0.4) is 0 Å². The lowest BCUT2D eigenvalue weighted by atomic mass is 9.91. The highest BCUT2D eigenvalue weighted by molar-refractivity contribution is 8.00. The van der Waals surface area contributed by atoms with Gasteiger partial charge in [0.1, 0.15) is 0 Å². The molecule has 1 aliphatic rings. The second-order valence-electron chi connectivity index (χ2n) is 4.81. The van der Waals surface area contributed by atoms with Gasteiger partial charge in [0.2, 0.25) is 0 Å². The zero-order valence-corrected chi connectivity index (χ0v) is 11.6. The summed E-state index contributed by atoms with van der Waals surface area (Å²) in [5, 5.41) is 1.28. The van der Waals surface area contributed by atoms with Crippen molar-refractivity contribution in [3.63, 3.8) is 0 Å². The molecule has 2 atom stereocenters. The van der Waals surface area contributed by atoms with Crippen LogP contribution in [0, 0.1) is 5.92 Å². The molecule has 0 bridgehead atoms. The Kier molecular flexibility index (Phi) is 4.52. The summed E-state index contributed by atoms with van der Waals surface area (Å²) < 4.78 is 0. The number of carbonyl (C=O) groups is 1. The fourth-order valence-corrected chi connectivity index (χ4v) is 4.02. The summed E-state index contributed by atoms with van der Waals surface area (Å²) in [6.07, 6.45) is 6.07. The highest BCUT2D eigenvalue weighted by Gasteiger charge is 2.20. The van der Waals surface area contributed by atoms with E-state index in [1.807, 2.05) is 23.9 Å². The SMILES string of the molecule is CC1CCCC(Sc2ccc(Cl)cc2C=O)C1. The fourth-order valence-electron chi connectivity index (χ4n) is 2.38. The van der Waals surface area contributed by atoms with Gasteiger partial charge in [0.05, 0.1) is 0 Å². The molecule has 1 fully saturated rings. The van der Waals surface area contributed by atoms with E-state index in [1.165, 1.54) is 25.7 Å². The molecule has 17 heavy (non-hydrogen) atoms. The first-order chi connectivity index (χ1) is 8.19. The van der Waals surface area contributed by atoms with Crippen LogP contribution < -0.4 is 0 Å². The molecule has 0 N–H and O–H groups in total. The number of carbonyl (C=O) groups excluding carboxylic acids is 1. The summed E-state index contributed by atoms with van der Waals surface area (Å²) in [4.78, 5) is 12.1.